The molecule has 0 spiro atoms. The lowest BCUT2D eigenvalue weighted by Gasteiger charge is -2.50. The summed E-state index contributed by atoms with van der Waals surface area (Å²) in [6.45, 7) is 13.9. The van der Waals surface area contributed by atoms with Gasteiger partial charge in [0.25, 0.3) is 20.2 Å². The maximum Gasteiger partial charge on any atom is 0.343 e. The maximum atomic E-state index is 14.0. The van der Waals surface area contributed by atoms with Gasteiger partial charge in [0.1, 0.15) is 18.0 Å². The average Bonchev–Trinajstić information content (AvgIpc) is 1.74. The van der Waals surface area contributed by atoms with Crippen LogP contribution in [-0.4, -0.2) is 95.2 Å². The summed E-state index contributed by atoms with van der Waals surface area (Å²) in [4.78, 5) is 30.2. The minimum Gasteiger partial charge on any atom is -0.423 e. The molecule has 6 aliphatic carbocycles. The maximum absolute atomic E-state index is 14.0. The van der Waals surface area contributed by atoms with Crippen LogP contribution in [-0.2, 0) is 43.9 Å². The number of unbranched alkanes of at least 4 members (excludes halogenated alkanes) is 2. The van der Waals surface area contributed by atoms with Crippen LogP contribution in [0.1, 0.15) is 197 Å². The van der Waals surface area contributed by atoms with E-state index in [4.69, 9.17) is 9.47 Å². The van der Waals surface area contributed by atoms with Crippen LogP contribution < -0.4 is 14.4 Å². The number of aliphatic hydroxyl groups excluding tert-OH is 2. The van der Waals surface area contributed by atoms with E-state index in [1.807, 2.05) is 91.1 Å². The lowest BCUT2D eigenvalue weighted by molar-refractivity contribution is -0.438. The quantitative estimate of drug-likeness (QED) is 0.0183. The Hall–Kier alpha value is -6.01. The molecule has 10 atom stereocenters. The molecule has 6 unspecified atom stereocenters. The number of aliphatic hydroxyl groups is 2. The number of carbonyl (C=O) groups is 2. The van der Waals surface area contributed by atoms with Gasteiger partial charge in [-0.05, 0) is 245 Å². The molecule has 2 heterocycles. The van der Waals surface area contributed by atoms with E-state index in [0.717, 1.165) is 111 Å². The smallest absolute Gasteiger partial charge is 0.343 e. The summed E-state index contributed by atoms with van der Waals surface area (Å²) < 4.78 is 80.2. The van der Waals surface area contributed by atoms with Gasteiger partial charge in [-0.3, -0.25) is 9.11 Å². The largest absolute Gasteiger partial charge is 0.423 e. The van der Waals surface area contributed by atoms with E-state index in [2.05, 4.69) is 63.2 Å². The Balaban J connectivity index is 0.733. The topological polar surface area (TPSA) is 208 Å². The molecular formula is C73H89N2O12S2+. The third kappa shape index (κ3) is 12.1. The molecule has 4 aromatic carbocycles. The highest BCUT2D eigenvalue weighted by Gasteiger charge is 2.56. The molecule has 8 aliphatic rings. The van der Waals surface area contributed by atoms with Gasteiger partial charge in [-0.2, -0.15) is 21.4 Å². The molecule has 89 heavy (non-hydrogen) atoms. The zero-order valence-electron chi connectivity index (χ0n) is 52.5. The van der Waals surface area contributed by atoms with E-state index in [0.29, 0.717) is 84.1 Å². The first-order valence-electron chi connectivity index (χ1n) is 32.7. The minimum absolute atomic E-state index is 0.00494. The first-order chi connectivity index (χ1) is 42.2. The van der Waals surface area contributed by atoms with Gasteiger partial charge in [0, 0.05) is 47.5 Å². The molecule has 0 aromatic heterocycles. The Bertz CT molecular complexity index is 3860. The number of rotatable bonds is 18. The van der Waals surface area contributed by atoms with Crippen molar-refractivity contribution in [3.05, 3.63) is 166 Å². The van der Waals surface area contributed by atoms with Gasteiger partial charge in [0.15, 0.2) is 5.71 Å². The molecule has 0 radical (unpaired) electrons. The third-order valence-electron chi connectivity index (χ3n) is 23.0. The van der Waals surface area contributed by atoms with Crippen LogP contribution in [0.15, 0.2) is 121 Å². The zero-order chi connectivity index (χ0) is 63.0. The van der Waals surface area contributed by atoms with Crippen molar-refractivity contribution in [3.63, 3.8) is 0 Å². The van der Waals surface area contributed by atoms with Crippen molar-refractivity contribution in [2.75, 3.05) is 29.5 Å². The number of carbonyl (C=O) groups excluding carboxylic acids is 2. The molecule has 4 N–H and O–H groups in total. The van der Waals surface area contributed by atoms with Crippen molar-refractivity contribution < 1.29 is 59.8 Å². The number of allylic oxidation sites excluding steroid dienone is 8. The van der Waals surface area contributed by atoms with E-state index in [1.54, 1.807) is 12.1 Å². The molecule has 4 aromatic rings. The number of esters is 2. The number of hydrogen-bond donors (Lipinski definition) is 4. The predicted octanol–water partition coefficient (Wildman–Crippen LogP) is 13.6. The van der Waals surface area contributed by atoms with Crippen molar-refractivity contribution in [2.45, 2.75) is 179 Å². The fraction of sp³-hybridized carbons (Fsp3) is 0.521. The molecule has 2 aliphatic heterocycles. The summed E-state index contributed by atoms with van der Waals surface area (Å²) in [6, 6.07) is 23.5. The van der Waals surface area contributed by atoms with Crippen LogP contribution in [0.25, 0.3) is 0 Å². The average molecular weight is 1250 g/mol. The molecule has 16 heteroatoms. The SMILES string of the molecule is CC1(C)C(/C=C/C=C/C=C/C=C2\N(CCCCS(=O)(=O)O)c3ccc(C(=O)Oc4ccc5c(c4)CCC4C5CC[C@@]5(C)C4CC[C@@H]5O)cc3C2(C)C)=[N+](CCCCS(=O)(=O)O)c2ccc(C(=O)Oc3ccc4c(c3)CCC3C4CC[C@@]4(C)C3CC[C@@H]4O)cc21. The van der Waals surface area contributed by atoms with Gasteiger partial charge in [-0.1, -0.05) is 70.2 Å². The van der Waals surface area contributed by atoms with Crippen molar-refractivity contribution in [3.8, 4) is 11.5 Å². The Morgan fingerprint density at radius 3 is 1.66 bits per heavy atom. The second-order valence-corrected chi connectivity index (χ2v) is 31.8. The highest BCUT2D eigenvalue weighted by atomic mass is 32.2. The number of fused-ring (bicyclic) bond motifs is 12. The molecule has 474 valence electrons. The van der Waals surface area contributed by atoms with Gasteiger partial charge in [-0.15, -0.1) is 0 Å². The Morgan fingerprint density at radius 2 is 1.10 bits per heavy atom. The number of aryl methyl sites for hydroxylation is 2. The van der Waals surface area contributed by atoms with E-state index in [-0.39, 0.29) is 47.4 Å². The van der Waals surface area contributed by atoms with Crippen molar-refractivity contribution in [1.29, 1.82) is 0 Å². The second kappa shape index (κ2) is 24.2. The van der Waals surface area contributed by atoms with Gasteiger partial charge in [0.05, 0.1) is 40.3 Å². The van der Waals surface area contributed by atoms with E-state index in [9.17, 15) is 45.7 Å². The van der Waals surface area contributed by atoms with Gasteiger partial charge >= 0.3 is 11.9 Å². The first kappa shape index (κ1) is 63.2. The van der Waals surface area contributed by atoms with Gasteiger partial charge < -0.3 is 24.6 Å². The van der Waals surface area contributed by atoms with Crippen LogP contribution in [0.4, 0.5) is 11.4 Å². The minimum atomic E-state index is -4.13. The molecule has 4 fully saturated rings. The Kier molecular flexibility index (Phi) is 17.2. The van der Waals surface area contributed by atoms with Crippen LogP contribution in [0.3, 0.4) is 0 Å². The zero-order valence-corrected chi connectivity index (χ0v) is 54.1. The summed E-state index contributed by atoms with van der Waals surface area (Å²) in [5.74, 6) is 2.55. The molecule has 0 bridgehead atoms. The number of nitrogens with zero attached hydrogens (tertiary/aromatic N) is 2. The molecular weight excluding hydrogens is 1160 g/mol. The summed E-state index contributed by atoms with van der Waals surface area (Å²) >= 11 is 0. The number of hydrogen-bond acceptors (Lipinski definition) is 11. The summed E-state index contributed by atoms with van der Waals surface area (Å²) in [5, 5.41) is 21.8. The number of ether oxygens (including phenoxy) is 2. The third-order valence-corrected chi connectivity index (χ3v) is 24.6. The molecule has 14 nitrogen and oxygen atoms in total. The van der Waals surface area contributed by atoms with Crippen LogP contribution in [0.5, 0.6) is 11.5 Å². The summed E-state index contributed by atoms with van der Waals surface area (Å²) in [6.07, 6.45) is 26.9. The standard InChI is InChI=1S/C73H88N2O12S2/c1-70(2)60-44-48(68(78)86-50-22-26-52-46(42-50)18-24-56-54(52)34-36-72(5)58(56)28-32-66(72)76)20-30-62(60)74(38-12-14-40-88(80,81)82)64(70)16-10-8-7-9-11-17-65-71(3,4)61-45-49(21-31-63(61)75(65)39-13-15-41-89(83,84)85)69(79)87-51-23-27-53-47(43-51)19-25-57-55(53)35-37-73(6)59(57)29-33-67(73)77/h7-11,16-17,20-23,26-27,30-31,42-45,54-59,66-67,76-77H,12-15,18-19,24-25,28-29,32-41H2,1-6H3,(H-,80,81,82,83,84,85)/p+1/t54?,55?,56?,57?,58?,59?,66-,67-,72-,73-/m0/s1. The normalized spacial score (nSPS) is 29.4. The van der Waals surface area contributed by atoms with Gasteiger partial charge in [-0.25, -0.2) is 9.59 Å². The summed E-state index contributed by atoms with van der Waals surface area (Å²) in [5.41, 5.74) is 10.4. The van der Waals surface area contributed by atoms with Gasteiger partial charge in [0.2, 0.25) is 5.69 Å². The monoisotopic (exact) mass is 1250 g/mol. The predicted molar refractivity (Wildman–Crippen MR) is 347 cm³/mol. The van der Waals surface area contributed by atoms with E-state index < -0.39 is 43.0 Å². The van der Waals surface area contributed by atoms with E-state index in [1.165, 1.54) is 22.3 Å². The van der Waals surface area contributed by atoms with Crippen molar-refractivity contribution >= 4 is 49.3 Å². The first-order valence-corrected chi connectivity index (χ1v) is 35.9. The highest BCUT2D eigenvalue weighted by Crippen LogP contribution is 2.63. The Labute approximate surface area is 526 Å². The molecule has 12 rings (SSSR count). The van der Waals surface area contributed by atoms with Crippen LogP contribution in [0, 0.1) is 34.5 Å². The van der Waals surface area contributed by atoms with Crippen molar-refractivity contribution in [2.24, 2.45) is 34.5 Å². The second-order valence-electron chi connectivity index (χ2n) is 28.7. The van der Waals surface area contributed by atoms with Crippen LogP contribution in [0.2, 0.25) is 0 Å². The lowest BCUT2D eigenvalue weighted by atomic mass is 9.55. The van der Waals surface area contributed by atoms with Crippen LogP contribution >= 0.6 is 0 Å². The Morgan fingerprint density at radius 1 is 0.584 bits per heavy atom. The number of anilines is 1. The van der Waals surface area contributed by atoms with Crippen molar-refractivity contribution in [1.82, 2.24) is 0 Å². The molecule has 0 amide bonds. The fourth-order valence-corrected chi connectivity index (χ4v) is 19.3. The number of benzene rings is 4. The molecule has 4 saturated carbocycles. The van der Waals surface area contributed by atoms with E-state index >= 15 is 0 Å². The fourth-order valence-electron chi connectivity index (χ4n) is 18.2. The lowest BCUT2D eigenvalue weighted by Crippen LogP contribution is -2.43. The highest BCUT2D eigenvalue weighted by molar-refractivity contribution is 7.86. The molecule has 0 saturated heterocycles. The summed E-state index contributed by atoms with van der Waals surface area (Å²) in [7, 11) is -8.27.